The maximum Gasteiger partial charge on any atom is 0.338 e. The van der Waals surface area contributed by atoms with Crippen molar-refractivity contribution in [3.05, 3.63) is 58.1 Å². The summed E-state index contributed by atoms with van der Waals surface area (Å²) in [4.78, 5) is 17.6. The minimum absolute atomic E-state index is 0.0231. The van der Waals surface area contributed by atoms with Crippen LogP contribution in [0.15, 0.2) is 36.7 Å². The number of pyridine rings is 2. The summed E-state index contributed by atoms with van der Waals surface area (Å²) in [5.74, 6) is -1.06. The van der Waals surface area contributed by atoms with Crippen molar-refractivity contribution in [1.29, 1.82) is 5.26 Å². The average Bonchev–Trinajstić information content (AvgIpc) is 2.40. The summed E-state index contributed by atoms with van der Waals surface area (Å²) >= 11 is 10.9. The first-order chi connectivity index (χ1) is 9.06. The van der Waals surface area contributed by atoms with E-state index < -0.39 is 5.97 Å². The molecule has 0 atom stereocenters. The molecule has 0 aliphatic heterocycles. The predicted octanol–water partition coefficient (Wildman–Crippen LogP) is 3.04. The summed E-state index contributed by atoms with van der Waals surface area (Å²) in [6.45, 7) is 0. The third-order valence-electron chi connectivity index (χ3n) is 1.87. The lowest BCUT2D eigenvalue weighted by molar-refractivity contribution is 0.0696. The van der Waals surface area contributed by atoms with Gasteiger partial charge in [0.2, 0.25) is 0 Å². The lowest BCUT2D eigenvalue weighted by Gasteiger charge is -1.93. The van der Waals surface area contributed by atoms with E-state index in [9.17, 15) is 4.79 Å². The topological polar surface area (TPSA) is 86.9 Å². The fourth-order valence-electron chi connectivity index (χ4n) is 1.02. The van der Waals surface area contributed by atoms with E-state index in [1.54, 1.807) is 18.3 Å². The first kappa shape index (κ1) is 14.9. The molecule has 0 spiro atoms. The quantitative estimate of drug-likeness (QED) is 0.817. The van der Waals surface area contributed by atoms with Crippen molar-refractivity contribution in [2.45, 2.75) is 0 Å². The van der Waals surface area contributed by atoms with E-state index in [-0.39, 0.29) is 15.9 Å². The zero-order valence-electron chi connectivity index (χ0n) is 9.42. The van der Waals surface area contributed by atoms with Gasteiger partial charge in [-0.2, -0.15) is 5.26 Å². The number of hydrogen-bond acceptors (Lipinski definition) is 4. The van der Waals surface area contributed by atoms with Gasteiger partial charge in [0, 0.05) is 12.4 Å². The highest BCUT2D eigenvalue weighted by atomic mass is 35.5. The fraction of sp³-hybridized carbons (Fsp3) is 0. The van der Waals surface area contributed by atoms with E-state index in [2.05, 4.69) is 9.97 Å². The van der Waals surface area contributed by atoms with Crippen LogP contribution in [-0.4, -0.2) is 21.0 Å². The van der Waals surface area contributed by atoms with E-state index in [4.69, 9.17) is 33.6 Å². The molecular weight excluding hydrogens is 289 g/mol. The summed E-state index contributed by atoms with van der Waals surface area (Å²) in [6, 6.07) is 8.12. The van der Waals surface area contributed by atoms with Crippen LogP contribution in [0, 0.1) is 11.3 Å². The van der Waals surface area contributed by atoms with E-state index in [1.807, 2.05) is 6.07 Å². The molecule has 0 saturated carbocycles. The van der Waals surface area contributed by atoms with Crippen LogP contribution in [-0.2, 0) is 0 Å². The number of carboxylic acid groups (broad SMARTS) is 1. The molecule has 1 N–H and O–H groups in total. The lowest BCUT2D eigenvalue weighted by Crippen LogP contribution is -1.97. The van der Waals surface area contributed by atoms with Crippen LogP contribution >= 0.6 is 23.2 Å². The van der Waals surface area contributed by atoms with Gasteiger partial charge in [-0.25, -0.2) is 14.8 Å². The molecule has 0 unspecified atom stereocenters. The monoisotopic (exact) mass is 295 g/mol. The number of nitrogens with zero attached hydrogens (tertiary/aromatic N) is 3. The predicted molar refractivity (Wildman–Crippen MR) is 70.2 cm³/mol. The van der Waals surface area contributed by atoms with Gasteiger partial charge in [-0.05, 0) is 24.3 Å². The van der Waals surface area contributed by atoms with Crippen molar-refractivity contribution in [2.24, 2.45) is 0 Å². The second-order valence-corrected chi connectivity index (χ2v) is 3.82. The van der Waals surface area contributed by atoms with Crippen LogP contribution in [0.5, 0.6) is 0 Å². The molecule has 0 aliphatic carbocycles. The largest absolute Gasteiger partial charge is 0.478 e. The van der Waals surface area contributed by atoms with Crippen LogP contribution in [0.1, 0.15) is 15.9 Å². The maximum atomic E-state index is 10.3. The standard InChI is InChI=1S/C6H3ClN2.C6H4ClNO2/c7-6-5(4-8)2-1-3-9-6;7-5-4(6(9)10)2-1-3-8-5/h1-3H;1-3H,(H,9,10). The molecule has 2 heterocycles. The second kappa shape index (κ2) is 7.31. The number of aromatic nitrogens is 2. The molecule has 0 bridgehead atoms. The summed E-state index contributed by atoms with van der Waals surface area (Å²) in [5.41, 5.74) is 0.448. The normalized spacial score (nSPS) is 8.89. The third-order valence-corrected chi connectivity index (χ3v) is 2.47. The Morgan fingerprint density at radius 2 is 1.74 bits per heavy atom. The first-order valence-electron chi connectivity index (χ1n) is 4.90. The molecule has 19 heavy (non-hydrogen) atoms. The molecule has 0 aliphatic rings. The van der Waals surface area contributed by atoms with Crippen molar-refractivity contribution in [3.8, 4) is 6.07 Å². The first-order valence-corrected chi connectivity index (χ1v) is 5.66. The number of halogens is 2. The maximum absolute atomic E-state index is 10.3. The Balaban J connectivity index is 0.000000191. The Morgan fingerprint density at radius 1 is 1.16 bits per heavy atom. The molecular formula is C12H7Cl2N3O2. The molecule has 2 rings (SSSR count). The molecule has 2 aromatic heterocycles. The van der Waals surface area contributed by atoms with E-state index in [0.717, 1.165) is 0 Å². The Hall–Kier alpha value is -2.16. The molecule has 5 nitrogen and oxygen atoms in total. The van der Waals surface area contributed by atoms with Crippen LogP contribution in [0.3, 0.4) is 0 Å². The molecule has 0 aromatic carbocycles. The van der Waals surface area contributed by atoms with Gasteiger partial charge in [-0.3, -0.25) is 0 Å². The highest BCUT2D eigenvalue weighted by molar-refractivity contribution is 6.32. The minimum atomic E-state index is -1.06. The number of aromatic carboxylic acids is 1. The molecule has 2 aromatic rings. The second-order valence-electron chi connectivity index (χ2n) is 3.10. The Morgan fingerprint density at radius 3 is 2.11 bits per heavy atom. The zero-order chi connectivity index (χ0) is 14.3. The summed E-state index contributed by atoms with van der Waals surface area (Å²) < 4.78 is 0. The van der Waals surface area contributed by atoms with E-state index in [0.29, 0.717) is 5.56 Å². The van der Waals surface area contributed by atoms with Crippen LogP contribution in [0.4, 0.5) is 0 Å². The van der Waals surface area contributed by atoms with Gasteiger partial charge < -0.3 is 5.11 Å². The molecule has 96 valence electrons. The van der Waals surface area contributed by atoms with Gasteiger partial charge in [0.1, 0.15) is 16.4 Å². The van der Waals surface area contributed by atoms with Crippen molar-refractivity contribution in [3.63, 3.8) is 0 Å². The van der Waals surface area contributed by atoms with E-state index >= 15 is 0 Å². The number of carboxylic acids is 1. The Kier molecular flexibility index (Phi) is 5.73. The van der Waals surface area contributed by atoms with Gasteiger partial charge in [-0.1, -0.05) is 23.2 Å². The van der Waals surface area contributed by atoms with Crippen molar-refractivity contribution < 1.29 is 9.90 Å². The number of nitriles is 1. The molecule has 0 amide bonds. The Bertz CT molecular complexity index is 626. The lowest BCUT2D eigenvalue weighted by atomic mass is 10.3. The number of rotatable bonds is 1. The Labute approximate surface area is 119 Å². The smallest absolute Gasteiger partial charge is 0.338 e. The van der Waals surface area contributed by atoms with Crippen LogP contribution < -0.4 is 0 Å². The highest BCUT2D eigenvalue weighted by Crippen LogP contribution is 2.10. The molecule has 7 heteroatoms. The van der Waals surface area contributed by atoms with Crippen molar-refractivity contribution in [1.82, 2.24) is 9.97 Å². The summed E-state index contributed by atoms with van der Waals surface area (Å²) in [6.07, 6.45) is 2.98. The van der Waals surface area contributed by atoms with Gasteiger partial charge in [-0.15, -0.1) is 0 Å². The number of carbonyl (C=O) groups is 1. The van der Waals surface area contributed by atoms with E-state index in [1.165, 1.54) is 18.3 Å². The van der Waals surface area contributed by atoms with Gasteiger partial charge in [0.05, 0.1) is 11.1 Å². The molecule has 0 saturated heterocycles. The van der Waals surface area contributed by atoms with Crippen LogP contribution in [0.25, 0.3) is 0 Å². The fourth-order valence-corrected chi connectivity index (χ4v) is 1.38. The van der Waals surface area contributed by atoms with Gasteiger partial charge in [0.15, 0.2) is 0 Å². The van der Waals surface area contributed by atoms with Gasteiger partial charge in [0.25, 0.3) is 0 Å². The third kappa shape index (κ3) is 4.54. The molecule has 0 fully saturated rings. The average molecular weight is 296 g/mol. The highest BCUT2D eigenvalue weighted by Gasteiger charge is 2.06. The summed E-state index contributed by atoms with van der Waals surface area (Å²) in [5, 5.41) is 17.1. The zero-order valence-corrected chi connectivity index (χ0v) is 10.9. The number of hydrogen-bond donors (Lipinski definition) is 1. The minimum Gasteiger partial charge on any atom is -0.478 e. The summed E-state index contributed by atoms with van der Waals surface area (Å²) in [7, 11) is 0. The van der Waals surface area contributed by atoms with Crippen molar-refractivity contribution in [2.75, 3.05) is 0 Å². The van der Waals surface area contributed by atoms with Gasteiger partial charge >= 0.3 is 5.97 Å². The van der Waals surface area contributed by atoms with Crippen molar-refractivity contribution >= 4 is 29.2 Å². The van der Waals surface area contributed by atoms with Crippen LogP contribution in [0.2, 0.25) is 10.3 Å². The molecule has 0 radical (unpaired) electrons. The SMILES string of the molecule is N#Cc1cccnc1Cl.O=C(O)c1cccnc1Cl.